The molecule has 1 amide bonds. The minimum Gasteiger partial charge on any atom is -0.366 e. The van der Waals surface area contributed by atoms with Crippen LogP contribution in [0.5, 0.6) is 0 Å². The lowest BCUT2D eigenvalue weighted by Crippen LogP contribution is -2.58. The molecule has 1 saturated carbocycles. The van der Waals surface area contributed by atoms with Crippen LogP contribution in [0.3, 0.4) is 0 Å². The van der Waals surface area contributed by atoms with Gasteiger partial charge in [-0.15, -0.1) is 10.2 Å². The van der Waals surface area contributed by atoms with Crippen molar-refractivity contribution in [3.05, 3.63) is 23.5 Å². The first kappa shape index (κ1) is 25.9. The molecule has 12 nitrogen and oxygen atoms in total. The smallest absolute Gasteiger partial charge is 0.366 e. The van der Waals surface area contributed by atoms with Gasteiger partial charge in [0, 0.05) is 32.4 Å². The summed E-state index contributed by atoms with van der Waals surface area (Å²) in [5, 5.41) is 18.1. The van der Waals surface area contributed by atoms with Crippen molar-refractivity contribution in [3.63, 3.8) is 0 Å². The summed E-state index contributed by atoms with van der Waals surface area (Å²) in [6.45, 7) is 2.46. The summed E-state index contributed by atoms with van der Waals surface area (Å²) in [7, 11) is -4.18. The van der Waals surface area contributed by atoms with E-state index in [1.54, 1.807) is 4.90 Å². The first-order chi connectivity index (χ1) is 18.5. The number of piperazine rings is 1. The van der Waals surface area contributed by atoms with Crippen LogP contribution in [0.2, 0.25) is 0 Å². The molecule has 0 radical (unpaired) electrons. The molecular formula is C22H22F3N9O3S2. The van der Waals surface area contributed by atoms with Gasteiger partial charge >= 0.3 is 6.18 Å². The number of rotatable bonds is 6. The monoisotopic (exact) mass is 581 g/mol. The maximum atomic E-state index is 13.3. The Balaban J connectivity index is 1.39. The number of aromatic nitrogens is 4. The Hall–Kier alpha value is -3.33. The van der Waals surface area contributed by atoms with Gasteiger partial charge in [-0.2, -0.15) is 23.2 Å². The van der Waals surface area contributed by atoms with E-state index in [0.717, 1.165) is 13.0 Å². The van der Waals surface area contributed by atoms with E-state index in [1.807, 2.05) is 11.0 Å². The lowest BCUT2D eigenvalue weighted by Gasteiger charge is -2.39. The summed E-state index contributed by atoms with van der Waals surface area (Å²) < 4.78 is 70.0. The highest BCUT2D eigenvalue weighted by Crippen LogP contribution is 2.38. The molecule has 2 saturated heterocycles. The van der Waals surface area contributed by atoms with E-state index < -0.39 is 26.7 Å². The number of hydrogen-bond donors (Lipinski definition) is 2. The van der Waals surface area contributed by atoms with E-state index in [-0.39, 0.29) is 27.7 Å². The molecule has 0 spiro atoms. The highest BCUT2D eigenvalue weighted by atomic mass is 32.2. The average molecular weight is 582 g/mol. The van der Waals surface area contributed by atoms with E-state index in [9.17, 15) is 31.6 Å². The summed E-state index contributed by atoms with van der Waals surface area (Å²) >= 11 is 0.302. The molecule has 5 heterocycles. The fraction of sp³-hybridized carbons (Fsp3) is 0.500. The second-order valence-corrected chi connectivity index (χ2v) is 12.4. The summed E-state index contributed by atoms with van der Waals surface area (Å²) in [6, 6.07) is 3.27. The highest BCUT2D eigenvalue weighted by Gasteiger charge is 2.47. The van der Waals surface area contributed by atoms with Crippen LogP contribution >= 0.6 is 11.3 Å². The Labute approximate surface area is 224 Å². The first-order valence-electron chi connectivity index (χ1n) is 12.1. The van der Waals surface area contributed by atoms with E-state index in [0.29, 0.717) is 61.6 Å². The predicted molar refractivity (Wildman–Crippen MR) is 132 cm³/mol. The maximum absolute atomic E-state index is 13.3. The summed E-state index contributed by atoms with van der Waals surface area (Å²) in [6.07, 6.45) is -0.439. The van der Waals surface area contributed by atoms with E-state index >= 15 is 0 Å². The minimum atomic E-state index is -4.69. The molecular weight excluding hydrogens is 559 g/mol. The third-order valence-corrected chi connectivity index (χ3v) is 9.58. The number of nitrogens with one attached hydrogen (secondary N) is 2. The highest BCUT2D eigenvalue weighted by molar-refractivity contribution is 7.89. The Morgan fingerprint density at radius 1 is 1.23 bits per heavy atom. The molecule has 0 bridgehead atoms. The van der Waals surface area contributed by atoms with Crippen LogP contribution in [0, 0.1) is 11.3 Å². The minimum absolute atomic E-state index is 0.00240. The van der Waals surface area contributed by atoms with Crippen molar-refractivity contribution in [2.24, 2.45) is 0 Å². The molecule has 3 aliphatic rings. The molecule has 6 rings (SSSR count). The number of nitriles is 1. The van der Waals surface area contributed by atoms with Gasteiger partial charge in [0.05, 0.1) is 29.5 Å². The molecule has 3 aromatic rings. The first-order valence-corrected chi connectivity index (χ1v) is 14.4. The van der Waals surface area contributed by atoms with Crippen LogP contribution < -0.4 is 14.9 Å². The predicted octanol–water partition coefficient (Wildman–Crippen LogP) is 1.22. The molecule has 2 aliphatic heterocycles. The largest absolute Gasteiger partial charge is 0.445 e. The second kappa shape index (κ2) is 9.11. The number of sulfonamides is 1. The van der Waals surface area contributed by atoms with E-state index in [4.69, 9.17) is 0 Å². The van der Waals surface area contributed by atoms with E-state index in [2.05, 4.69) is 25.2 Å². The number of fused-ring (bicyclic) bond motifs is 1. The number of anilines is 1. The van der Waals surface area contributed by atoms with Crippen LogP contribution in [-0.2, 0) is 21.0 Å². The summed E-state index contributed by atoms with van der Waals surface area (Å²) in [5.41, 5.74) is -0.240. The van der Waals surface area contributed by atoms with Gasteiger partial charge in [0.15, 0.2) is 10.8 Å². The Bertz CT molecular complexity index is 1600. The van der Waals surface area contributed by atoms with Crippen molar-refractivity contribution < 1.29 is 26.4 Å². The van der Waals surface area contributed by atoms with Crippen LogP contribution in [-0.4, -0.2) is 83.1 Å². The fourth-order valence-corrected chi connectivity index (χ4v) is 6.70. The van der Waals surface area contributed by atoms with Crippen molar-refractivity contribution in [2.45, 2.75) is 41.9 Å². The van der Waals surface area contributed by atoms with Gasteiger partial charge in [-0.1, -0.05) is 11.3 Å². The normalized spacial score (nSPS) is 21.0. The van der Waals surface area contributed by atoms with E-state index in [1.165, 1.54) is 22.9 Å². The quantitative estimate of drug-likeness (QED) is 0.438. The lowest BCUT2D eigenvalue weighted by atomic mass is 10.1. The average Bonchev–Trinajstić information content (AvgIpc) is 3.25. The van der Waals surface area contributed by atoms with Crippen molar-refractivity contribution >= 4 is 38.5 Å². The molecule has 0 unspecified atom stereocenters. The number of hydrogen-bond acceptors (Lipinski definition) is 10. The molecule has 1 aliphatic carbocycles. The Kier molecular flexibility index (Phi) is 6.06. The molecule has 3 fully saturated rings. The molecule has 17 heteroatoms. The Morgan fingerprint density at radius 2 is 1.95 bits per heavy atom. The van der Waals surface area contributed by atoms with Gasteiger partial charge in [-0.25, -0.2) is 13.4 Å². The number of alkyl halides is 3. The van der Waals surface area contributed by atoms with Gasteiger partial charge in [0.1, 0.15) is 10.4 Å². The maximum Gasteiger partial charge on any atom is 0.445 e. The molecule has 3 aromatic heterocycles. The summed E-state index contributed by atoms with van der Waals surface area (Å²) in [5.74, 6) is 0.0313. The van der Waals surface area contributed by atoms with Gasteiger partial charge in [0.2, 0.25) is 20.9 Å². The second-order valence-electron chi connectivity index (χ2n) is 9.72. The van der Waals surface area contributed by atoms with Crippen LogP contribution in [0.25, 0.3) is 16.3 Å². The zero-order valence-corrected chi connectivity index (χ0v) is 21.9. The number of nitrogens with zero attached hydrogens (tertiary/aromatic N) is 7. The van der Waals surface area contributed by atoms with Gasteiger partial charge in [-0.3, -0.25) is 9.20 Å². The Morgan fingerprint density at radius 3 is 2.51 bits per heavy atom. The van der Waals surface area contributed by atoms with Crippen molar-refractivity contribution in [3.8, 4) is 16.9 Å². The third kappa shape index (κ3) is 4.71. The number of carbonyl (C=O) groups excluding carboxylic acids is 1. The number of amides is 1. The van der Waals surface area contributed by atoms with Gasteiger partial charge < -0.3 is 15.1 Å². The third-order valence-electron chi connectivity index (χ3n) is 7.11. The van der Waals surface area contributed by atoms with Crippen molar-refractivity contribution in [1.29, 1.82) is 5.26 Å². The van der Waals surface area contributed by atoms with Crippen molar-refractivity contribution in [2.75, 3.05) is 37.6 Å². The van der Waals surface area contributed by atoms with Crippen LogP contribution in [0.4, 0.5) is 18.9 Å². The van der Waals surface area contributed by atoms with Crippen LogP contribution in [0.1, 0.15) is 24.3 Å². The molecule has 2 N–H and O–H groups in total. The van der Waals surface area contributed by atoms with Gasteiger partial charge in [-0.05, 0) is 31.9 Å². The zero-order valence-electron chi connectivity index (χ0n) is 20.3. The SMILES string of the molecule is N#CC1(NS(=O)(=O)c2cc(N3CCN(C(=O)[C@@H]4CCN4)CC3)c3cnc(-c4nnc(C(F)(F)F)s4)n3c2)CC1. The zero-order chi connectivity index (χ0) is 27.6. The molecule has 1 atom stereocenters. The van der Waals surface area contributed by atoms with Crippen LogP contribution in [0.15, 0.2) is 23.4 Å². The number of carbonyl (C=O) groups is 1. The van der Waals surface area contributed by atoms with Crippen molar-refractivity contribution in [1.82, 2.24) is 34.5 Å². The lowest BCUT2D eigenvalue weighted by molar-refractivity contribution is -0.138. The topological polar surface area (TPSA) is 149 Å². The standard InChI is InChI=1S/C22H22F3N9O3S2/c23-22(24,25)20-30-29-18(38-20)17-28-10-16-15(32-5-7-33(8-6-32)19(35)14-1-4-27-14)9-13(11-34(16)17)39(36,37)31-21(12-26)2-3-21/h9-11,14,27,31H,1-8H2/t14-/m0/s1. The summed E-state index contributed by atoms with van der Waals surface area (Å²) in [4.78, 5) is 20.4. The molecule has 39 heavy (non-hydrogen) atoms. The van der Waals surface area contributed by atoms with Gasteiger partial charge in [0.25, 0.3) is 0 Å². The number of pyridine rings is 1. The number of halogens is 3. The molecule has 0 aromatic carbocycles. The molecule has 206 valence electrons. The number of imidazole rings is 1. The fourth-order valence-electron chi connectivity index (χ4n) is 4.61.